The highest BCUT2D eigenvalue weighted by Gasteiger charge is 2.37. The van der Waals surface area contributed by atoms with Crippen LogP contribution in [0.15, 0.2) is 176 Å². The van der Waals surface area contributed by atoms with Crippen molar-refractivity contribution < 1.29 is 13.2 Å². The molecule has 4 nitrogen and oxygen atoms in total. The van der Waals surface area contributed by atoms with E-state index in [0.717, 1.165) is 71.9 Å². The number of aromatic nitrogens is 2. The fourth-order valence-corrected chi connectivity index (χ4v) is 8.50. The molecule has 0 radical (unpaired) electrons. The minimum Gasteiger partial charge on any atom is -0.309 e. The molecule has 0 atom stereocenters. The maximum absolute atomic E-state index is 15.4. The van der Waals surface area contributed by atoms with Gasteiger partial charge in [-0.05, 0) is 70.8 Å². The van der Waals surface area contributed by atoms with E-state index in [9.17, 15) is 5.26 Å². The van der Waals surface area contributed by atoms with Crippen molar-refractivity contribution in [3.63, 3.8) is 0 Å². The van der Waals surface area contributed by atoms with Crippen LogP contribution in [0.1, 0.15) is 11.1 Å². The Hall–Kier alpha value is -7.87. The molecule has 2 aromatic heterocycles. The second-order valence-corrected chi connectivity index (χ2v) is 14.2. The first-order valence-corrected chi connectivity index (χ1v) is 18.7. The fraction of sp³-hybridized carbons (Fsp3) is 0.0196. The van der Waals surface area contributed by atoms with Gasteiger partial charge in [-0.15, -0.1) is 0 Å². The van der Waals surface area contributed by atoms with E-state index in [4.69, 9.17) is 6.57 Å². The summed E-state index contributed by atoms with van der Waals surface area (Å²) < 4.78 is 50.1. The first kappa shape index (κ1) is 34.6. The molecule has 2 heterocycles. The van der Waals surface area contributed by atoms with Gasteiger partial charge in [0.05, 0.1) is 57.2 Å². The third-order valence-electron chi connectivity index (χ3n) is 11.0. The zero-order valence-corrected chi connectivity index (χ0v) is 30.7. The van der Waals surface area contributed by atoms with Crippen molar-refractivity contribution in [2.24, 2.45) is 0 Å². The van der Waals surface area contributed by atoms with Gasteiger partial charge in [0.15, 0.2) is 5.69 Å². The van der Waals surface area contributed by atoms with Crippen LogP contribution in [0, 0.1) is 17.9 Å². The Morgan fingerprint density at radius 1 is 0.466 bits per heavy atom. The summed E-state index contributed by atoms with van der Waals surface area (Å²) in [6.45, 7) is 8.23. The van der Waals surface area contributed by atoms with Crippen LogP contribution in [0.2, 0.25) is 0 Å². The number of rotatable bonds is 5. The zero-order valence-electron chi connectivity index (χ0n) is 30.7. The van der Waals surface area contributed by atoms with E-state index in [1.807, 2.05) is 143 Å². The van der Waals surface area contributed by atoms with E-state index in [1.165, 1.54) is 12.1 Å². The Morgan fingerprint density at radius 2 is 0.931 bits per heavy atom. The predicted molar refractivity (Wildman–Crippen MR) is 227 cm³/mol. The summed E-state index contributed by atoms with van der Waals surface area (Å²) >= 11 is 0. The molecule has 0 saturated carbocycles. The van der Waals surface area contributed by atoms with E-state index >= 15 is 13.2 Å². The Morgan fingerprint density at radius 3 is 1.40 bits per heavy atom. The minimum absolute atomic E-state index is 0.152. The van der Waals surface area contributed by atoms with Gasteiger partial charge in [0.25, 0.3) is 0 Å². The van der Waals surface area contributed by atoms with Crippen molar-refractivity contribution in [3.05, 3.63) is 198 Å². The van der Waals surface area contributed by atoms with Crippen molar-refractivity contribution in [1.29, 1.82) is 5.26 Å². The average Bonchev–Trinajstić information content (AvgIpc) is 3.78. The van der Waals surface area contributed by atoms with Gasteiger partial charge >= 0.3 is 6.18 Å². The number of nitriles is 1. The van der Waals surface area contributed by atoms with Crippen LogP contribution in [-0.4, -0.2) is 9.13 Å². The maximum Gasteiger partial charge on any atom is 0.415 e. The normalized spacial score (nSPS) is 11.7. The molecular formula is C51H29F3N4. The van der Waals surface area contributed by atoms with Crippen LogP contribution in [-0.2, 0) is 6.18 Å². The van der Waals surface area contributed by atoms with E-state index in [-0.39, 0.29) is 22.4 Å². The molecule has 274 valence electrons. The highest BCUT2D eigenvalue weighted by molar-refractivity contribution is 6.13. The summed E-state index contributed by atoms with van der Waals surface area (Å²) in [5.41, 5.74) is 6.79. The first-order chi connectivity index (χ1) is 28.3. The van der Waals surface area contributed by atoms with Gasteiger partial charge in [0.2, 0.25) is 0 Å². The molecule has 0 unspecified atom stereocenters. The zero-order chi connectivity index (χ0) is 39.5. The standard InChI is InChI=1S/C51H29F3N4/c1-56-42-20-12-19-41(51(52,53)54)49(42)50-47(57-43-21-10-8-17-37(43)39-29-35(23-25-45(39)57)33-13-4-2-5-14-33)27-32(31-55)28-48(50)58-44-22-11-9-18-38(44)40-30-36(24-26-46(40)58)34-15-6-3-7-16-34/h2-30H. The molecule has 0 amide bonds. The topological polar surface area (TPSA) is 38.0 Å². The van der Waals surface area contributed by atoms with Crippen molar-refractivity contribution in [2.45, 2.75) is 6.18 Å². The number of hydrogen-bond acceptors (Lipinski definition) is 1. The number of para-hydroxylation sites is 2. The summed E-state index contributed by atoms with van der Waals surface area (Å²) in [5.74, 6) is 0. The number of hydrogen-bond donors (Lipinski definition) is 0. The van der Waals surface area contributed by atoms with Crippen molar-refractivity contribution >= 4 is 49.3 Å². The van der Waals surface area contributed by atoms with Crippen LogP contribution in [0.5, 0.6) is 0 Å². The maximum atomic E-state index is 15.4. The van der Waals surface area contributed by atoms with Crippen molar-refractivity contribution in [2.75, 3.05) is 0 Å². The summed E-state index contributed by atoms with van der Waals surface area (Å²) in [6, 6.07) is 57.1. The third kappa shape index (κ3) is 5.44. The Labute approximate surface area is 331 Å². The lowest BCUT2D eigenvalue weighted by atomic mass is 9.92. The predicted octanol–water partition coefficient (Wildman–Crippen LogP) is 14.3. The monoisotopic (exact) mass is 754 g/mol. The Balaban J connectivity index is 1.39. The lowest BCUT2D eigenvalue weighted by Gasteiger charge is -2.24. The van der Waals surface area contributed by atoms with Crippen molar-refractivity contribution in [3.8, 4) is 50.8 Å². The smallest absolute Gasteiger partial charge is 0.309 e. The molecule has 0 aliphatic heterocycles. The van der Waals surface area contributed by atoms with Gasteiger partial charge in [-0.1, -0.05) is 127 Å². The SMILES string of the molecule is [C-]#[N+]c1cccc(C(F)(F)F)c1-c1c(-n2c3ccccc3c3cc(-c4ccccc4)ccc32)cc(C#N)cc1-n1c2ccccc2c2cc(-c3ccccc3)ccc21. The molecule has 10 rings (SSSR count). The van der Waals surface area contributed by atoms with Gasteiger partial charge in [-0.3, -0.25) is 0 Å². The molecular weight excluding hydrogens is 726 g/mol. The molecule has 8 aromatic carbocycles. The summed E-state index contributed by atoms with van der Waals surface area (Å²) in [6.07, 6.45) is -4.81. The number of alkyl halides is 3. The van der Waals surface area contributed by atoms with Crippen LogP contribution < -0.4 is 0 Å². The van der Waals surface area contributed by atoms with Crippen LogP contribution in [0.3, 0.4) is 0 Å². The lowest BCUT2D eigenvalue weighted by Crippen LogP contribution is -2.11. The first-order valence-electron chi connectivity index (χ1n) is 18.7. The van der Waals surface area contributed by atoms with Gasteiger partial charge in [-0.25, -0.2) is 4.85 Å². The van der Waals surface area contributed by atoms with Crippen LogP contribution in [0.4, 0.5) is 18.9 Å². The number of benzene rings is 8. The van der Waals surface area contributed by atoms with E-state index in [1.54, 1.807) is 12.1 Å². The van der Waals surface area contributed by atoms with Gasteiger partial charge in [0.1, 0.15) is 0 Å². The molecule has 0 bridgehead atoms. The second-order valence-electron chi connectivity index (χ2n) is 14.2. The van der Waals surface area contributed by atoms with Crippen molar-refractivity contribution in [1.82, 2.24) is 9.13 Å². The number of nitrogens with zero attached hydrogens (tertiary/aromatic N) is 4. The molecule has 7 heteroatoms. The number of halogens is 3. The lowest BCUT2D eigenvalue weighted by molar-refractivity contribution is -0.137. The van der Waals surface area contributed by atoms with Gasteiger partial charge in [-0.2, -0.15) is 18.4 Å². The molecule has 0 spiro atoms. The quantitative estimate of drug-likeness (QED) is 0.161. The Bertz CT molecular complexity index is 3160. The highest BCUT2D eigenvalue weighted by atomic mass is 19.4. The van der Waals surface area contributed by atoms with Gasteiger partial charge in [0, 0.05) is 32.7 Å². The molecule has 0 N–H and O–H groups in total. The van der Waals surface area contributed by atoms with Gasteiger partial charge < -0.3 is 9.13 Å². The highest BCUT2D eigenvalue weighted by Crippen LogP contribution is 2.50. The molecule has 0 aliphatic carbocycles. The molecule has 58 heavy (non-hydrogen) atoms. The number of fused-ring (bicyclic) bond motifs is 6. The largest absolute Gasteiger partial charge is 0.415 e. The fourth-order valence-electron chi connectivity index (χ4n) is 8.50. The summed E-state index contributed by atoms with van der Waals surface area (Å²) in [4.78, 5) is 3.71. The van der Waals surface area contributed by atoms with E-state index < -0.39 is 11.7 Å². The molecule has 10 aromatic rings. The summed E-state index contributed by atoms with van der Waals surface area (Å²) in [5, 5.41) is 14.3. The Kier molecular flexibility index (Phi) is 8.00. The van der Waals surface area contributed by atoms with E-state index in [2.05, 4.69) is 23.0 Å². The second kappa shape index (κ2) is 13.4. The molecule has 0 fully saturated rings. The molecule has 0 aliphatic rings. The minimum atomic E-state index is -4.81. The van der Waals surface area contributed by atoms with Crippen LogP contribution >= 0.6 is 0 Å². The molecule has 0 saturated heterocycles. The van der Waals surface area contributed by atoms with Crippen LogP contribution in [0.25, 0.3) is 93.2 Å². The average molecular weight is 755 g/mol. The van der Waals surface area contributed by atoms with E-state index in [0.29, 0.717) is 11.4 Å². The summed E-state index contributed by atoms with van der Waals surface area (Å²) in [7, 11) is 0. The third-order valence-corrected chi connectivity index (χ3v) is 11.0.